The van der Waals surface area contributed by atoms with Gasteiger partial charge in [-0.25, -0.2) is 0 Å². The molecule has 3 rings (SSSR count). The topological polar surface area (TPSA) is 20.3 Å². The first-order chi connectivity index (χ1) is 9.31. The molecule has 0 aliphatic carbocycles. The van der Waals surface area contributed by atoms with E-state index in [-0.39, 0.29) is 5.91 Å². The summed E-state index contributed by atoms with van der Waals surface area (Å²) in [4.78, 5) is 14.2. The number of hydrogen-bond donors (Lipinski definition) is 0. The van der Waals surface area contributed by atoms with Crippen LogP contribution in [0.4, 0.5) is 11.4 Å². The third kappa shape index (κ3) is 2.19. The minimum Gasteiger partial charge on any atom is -0.280 e. The standard InChI is InChI=1S/C16H14BrNO/c17-11-16(19)18-14-7-3-1-5-12(14)9-10-13-6-2-4-8-15(13)18/h1-8H,9-11H2. The molecule has 0 saturated heterocycles. The summed E-state index contributed by atoms with van der Waals surface area (Å²) in [6.45, 7) is 0. The van der Waals surface area contributed by atoms with Crippen LogP contribution in [-0.2, 0) is 17.6 Å². The van der Waals surface area contributed by atoms with Crippen LogP contribution in [0.5, 0.6) is 0 Å². The summed E-state index contributed by atoms with van der Waals surface area (Å²) < 4.78 is 0. The van der Waals surface area contributed by atoms with E-state index < -0.39 is 0 Å². The van der Waals surface area contributed by atoms with E-state index in [0.717, 1.165) is 24.2 Å². The van der Waals surface area contributed by atoms with Crippen LogP contribution >= 0.6 is 15.9 Å². The number of anilines is 2. The molecule has 2 nitrogen and oxygen atoms in total. The van der Waals surface area contributed by atoms with Gasteiger partial charge in [0.1, 0.15) is 0 Å². The van der Waals surface area contributed by atoms with E-state index in [1.54, 1.807) is 0 Å². The lowest BCUT2D eigenvalue weighted by atomic mass is 10.0. The Morgan fingerprint density at radius 3 is 1.89 bits per heavy atom. The predicted octanol–water partition coefficient (Wildman–Crippen LogP) is 3.84. The monoisotopic (exact) mass is 315 g/mol. The van der Waals surface area contributed by atoms with E-state index in [0.29, 0.717) is 5.33 Å². The van der Waals surface area contributed by atoms with E-state index in [2.05, 4.69) is 28.1 Å². The maximum Gasteiger partial charge on any atom is 0.242 e. The van der Waals surface area contributed by atoms with Gasteiger partial charge in [0.2, 0.25) is 5.91 Å². The van der Waals surface area contributed by atoms with Crippen molar-refractivity contribution in [2.75, 3.05) is 10.2 Å². The van der Waals surface area contributed by atoms with Crippen molar-refractivity contribution in [3.63, 3.8) is 0 Å². The van der Waals surface area contributed by atoms with Crippen LogP contribution in [0.3, 0.4) is 0 Å². The van der Waals surface area contributed by atoms with Crippen molar-refractivity contribution >= 4 is 33.2 Å². The molecule has 0 atom stereocenters. The second kappa shape index (κ2) is 5.17. The summed E-state index contributed by atoms with van der Waals surface area (Å²) >= 11 is 3.29. The van der Waals surface area contributed by atoms with Crippen LogP contribution in [0.15, 0.2) is 48.5 Å². The van der Waals surface area contributed by atoms with Gasteiger partial charge < -0.3 is 0 Å². The van der Waals surface area contributed by atoms with Crippen LogP contribution in [0.2, 0.25) is 0 Å². The number of amides is 1. The van der Waals surface area contributed by atoms with Gasteiger partial charge in [-0.05, 0) is 36.1 Å². The quantitative estimate of drug-likeness (QED) is 0.732. The fourth-order valence-corrected chi connectivity index (χ4v) is 2.86. The molecule has 0 N–H and O–H groups in total. The second-order valence-electron chi connectivity index (χ2n) is 4.62. The highest BCUT2D eigenvalue weighted by Gasteiger charge is 2.24. The third-order valence-electron chi connectivity index (χ3n) is 3.49. The maximum atomic E-state index is 12.3. The summed E-state index contributed by atoms with van der Waals surface area (Å²) in [5.74, 6) is 0.0711. The zero-order valence-electron chi connectivity index (χ0n) is 10.5. The molecule has 2 aromatic carbocycles. The fraction of sp³-hybridized carbons (Fsp3) is 0.188. The number of hydrogen-bond acceptors (Lipinski definition) is 1. The SMILES string of the molecule is O=C(CBr)N1c2ccccc2CCc2ccccc21. The number of benzene rings is 2. The zero-order chi connectivity index (χ0) is 13.2. The van der Waals surface area contributed by atoms with E-state index >= 15 is 0 Å². The van der Waals surface area contributed by atoms with Crippen molar-refractivity contribution in [3.05, 3.63) is 59.7 Å². The number of aryl methyl sites for hydroxylation is 2. The zero-order valence-corrected chi connectivity index (χ0v) is 12.1. The van der Waals surface area contributed by atoms with Crippen LogP contribution in [0, 0.1) is 0 Å². The molecule has 19 heavy (non-hydrogen) atoms. The molecule has 0 bridgehead atoms. The van der Waals surface area contributed by atoms with E-state index in [4.69, 9.17) is 0 Å². The van der Waals surface area contributed by atoms with Crippen molar-refractivity contribution in [2.24, 2.45) is 0 Å². The lowest BCUT2D eigenvalue weighted by Crippen LogP contribution is -2.27. The number of alkyl halides is 1. The Hall–Kier alpha value is -1.61. The Bertz CT molecular complexity index is 576. The normalized spacial score (nSPS) is 13.4. The number of nitrogens with zero attached hydrogens (tertiary/aromatic N) is 1. The summed E-state index contributed by atoms with van der Waals surface area (Å²) in [5.41, 5.74) is 4.48. The number of carbonyl (C=O) groups is 1. The molecule has 0 unspecified atom stereocenters. The molecule has 0 saturated carbocycles. The average Bonchev–Trinajstić information content (AvgIpc) is 2.63. The van der Waals surface area contributed by atoms with Gasteiger partial charge in [0.15, 0.2) is 0 Å². The van der Waals surface area contributed by atoms with Gasteiger partial charge in [-0.1, -0.05) is 52.3 Å². The highest BCUT2D eigenvalue weighted by Crippen LogP contribution is 2.36. The highest BCUT2D eigenvalue weighted by atomic mass is 79.9. The summed E-state index contributed by atoms with van der Waals surface area (Å²) in [7, 11) is 0. The van der Waals surface area contributed by atoms with E-state index in [9.17, 15) is 4.79 Å². The number of halogens is 1. The molecule has 1 heterocycles. The largest absolute Gasteiger partial charge is 0.280 e. The molecule has 2 aromatic rings. The number of para-hydroxylation sites is 2. The van der Waals surface area contributed by atoms with Crippen molar-refractivity contribution in [3.8, 4) is 0 Å². The Labute approximate surface area is 121 Å². The number of fused-ring (bicyclic) bond motifs is 2. The maximum absolute atomic E-state index is 12.3. The predicted molar refractivity (Wildman–Crippen MR) is 81.2 cm³/mol. The molecule has 0 spiro atoms. The van der Waals surface area contributed by atoms with Gasteiger partial charge in [-0.2, -0.15) is 0 Å². The first-order valence-corrected chi connectivity index (χ1v) is 7.48. The lowest BCUT2D eigenvalue weighted by molar-refractivity contribution is -0.115. The van der Waals surface area contributed by atoms with E-state index in [1.807, 2.05) is 41.3 Å². The molecular formula is C16H14BrNO. The minimum atomic E-state index is 0.0711. The molecular weight excluding hydrogens is 302 g/mol. The molecule has 1 aliphatic heterocycles. The molecule has 1 amide bonds. The van der Waals surface area contributed by atoms with Crippen molar-refractivity contribution in [1.29, 1.82) is 0 Å². The van der Waals surface area contributed by atoms with Gasteiger partial charge in [-0.15, -0.1) is 0 Å². The number of carbonyl (C=O) groups excluding carboxylic acids is 1. The van der Waals surface area contributed by atoms with Crippen LogP contribution in [-0.4, -0.2) is 11.2 Å². The Morgan fingerprint density at radius 2 is 1.42 bits per heavy atom. The Morgan fingerprint density at radius 1 is 0.947 bits per heavy atom. The Balaban J connectivity index is 2.22. The fourth-order valence-electron chi connectivity index (χ4n) is 2.61. The summed E-state index contributed by atoms with van der Waals surface area (Å²) in [6.07, 6.45) is 1.94. The number of rotatable bonds is 1. The minimum absolute atomic E-state index is 0.0711. The highest BCUT2D eigenvalue weighted by molar-refractivity contribution is 9.09. The van der Waals surface area contributed by atoms with E-state index in [1.165, 1.54) is 11.1 Å². The molecule has 0 aromatic heterocycles. The van der Waals surface area contributed by atoms with Crippen LogP contribution in [0.25, 0.3) is 0 Å². The van der Waals surface area contributed by atoms with Crippen molar-refractivity contribution < 1.29 is 4.79 Å². The van der Waals surface area contributed by atoms with Gasteiger partial charge in [0.25, 0.3) is 0 Å². The molecule has 1 aliphatic rings. The first kappa shape index (κ1) is 12.4. The molecule has 96 valence electrons. The summed E-state index contributed by atoms with van der Waals surface area (Å²) in [5, 5.41) is 0.329. The van der Waals surface area contributed by atoms with Gasteiger partial charge in [0.05, 0.1) is 16.7 Å². The first-order valence-electron chi connectivity index (χ1n) is 6.36. The molecule has 0 radical (unpaired) electrons. The summed E-state index contributed by atoms with van der Waals surface area (Å²) in [6, 6.07) is 16.3. The second-order valence-corrected chi connectivity index (χ2v) is 5.18. The average molecular weight is 316 g/mol. The molecule has 3 heteroatoms. The van der Waals surface area contributed by atoms with Gasteiger partial charge in [-0.3, -0.25) is 9.69 Å². The van der Waals surface area contributed by atoms with Gasteiger partial charge >= 0.3 is 0 Å². The smallest absolute Gasteiger partial charge is 0.242 e. The van der Waals surface area contributed by atoms with Gasteiger partial charge in [0, 0.05) is 0 Å². The lowest BCUT2D eigenvalue weighted by Gasteiger charge is -2.24. The van der Waals surface area contributed by atoms with Crippen molar-refractivity contribution in [2.45, 2.75) is 12.8 Å². The third-order valence-corrected chi connectivity index (χ3v) is 3.97. The molecule has 0 fully saturated rings. The van der Waals surface area contributed by atoms with Crippen molar-refractivity contribution in [1.82, 2.24) is 0 Å². The van der Waals surface area contributed by atoms with Crippen LogP contribution in [0.1, 0.15) is 11.1 Å². The Kier molecular flexibility index (Phi) is 3.38. The van der Waals surface area contributed by atoms with Crippen LogP contribution < -0.4 is 4.90 Å².